The summed E-state index contributed by atoms with van der Waals surface area (Å²) in [7, 11) is 0. The van der Waals surface area contributed by atoms with Gasteiger partial charge < -0.3 is 10.1 Å². The summed E-state index contributed by atoms with van der Waals surface area (Å²) in [5, 5.41) is 8.73. The highest BCUT2D eigenvalue weighted by atomic mass is 16.4. The van der Waals surface area contributed by atoms with Crippen LogP contribution >= 0.6 is 0 Å². The number of aromatic nitrogens is 2. The van der Waals surface area contributed by atoms with E-state index < -0.39 is 5.97 Å². The Balaban J connectivity index is 2.72. The smallest absolute Gasteiger partial charge is 0.306 e. The molecule has 0 aliphatic carbocycles. The molecule has 4 heteroatoms. The molecule has 1 aromatic rings. The van der Waals surface area contributed by atoms with E-state index in [2.05, 4.69) is 9.97 Å². The maximum Gasteiger partial charge on any atom is 0.306 e. The monoisotopic (exact) mass is 196 g/mol. The Bertz CT molecular complexity index is 331. The first-order chi connectivity index (χ1) is 6.54. The zero-order valence-corrected chi connectivity index (χ0v) is 8.79. The van der Waals surface area contributed by atoms with E-state index in [4.69, 9.17) is 5.11 Å². The van der Waals surface area contributed by atoms with E-state index in [-0.39, 0.29) is 5.92 Å². The van der Waals surface area contributed by atoms with Gasteiger partial charge in [0.15, 0.2) is 0 Å². The standard InChI is InChI=1S/C10H16N2O2/c1-4-8-7(3)11-9(12-8)5-6(2)10(13)14/h6H,4-5H2,1-3H3,(H,11,12)(H,13,14). The number of hydrogen-bond acceptors (Lipinski definition) is 2. The highest BCUT2D eigenvalue weighted by molar-refractivity contribution is 5.69. The number of nitrogens with zero attached hydrogens (tertiary/aromatic N) is 1. The summed E-state index contributed by atoms with van der Waals surface area (Å²) in [5.41, 5.74) is 2.07. The minimum atomic E-state index is -0.780. The van der Waals surface area contributed by atoms with Crippen LogP contribution < -0.4 is 0 Å². The third-order valence-corrected chi connectivity index (χ3v) is 2.29. The Kier molecular flexibility index (Phi) is 3.28. The fourth-order valence-electron chi connectivity index (χ4n) is 1.38. The molecule has 4 nitrogen and oxygen atoms in total. The average molecular weight is 196 g/mol. The number of aromatic amines is 1. The second-order valence-electron chi connectivity index (χ2n) is 3.55. The zero-order chi connectivity index (χ0) is 10.7. The molecule has 0 saturated carbocycles. The van der Waals surface area contributed by atoms with E-state index in [1.165, 1.54) is 0 Å². The second kappa shape index (κ2) is 4.26. The van der Waals surface area contributed by atoms with Crippen molar-refractivity contribution in [3.05, 3.63) is 17.2 Å². The van der Waals surface area contributed by atoms with Gasteiger partial charge in [0.1, 0.15) is 5.82 Å². The van der Waals surface area contributed by atoms with Gasteiger partial charge in [0, 0.05) is 12.1 Å². The molecule has 0 aliphatic heterocycles. The number of imidazole rings is 1. The Labute approximate surface area is 83.4 Å². The molecular weight excluding hydrogens is 180 g/mol. The number of carboxylic acid groups (broad SMARTS) is 1. The molecule has 1 unspecified atom stereocenters. The summed E-state index contributed by atoms with van der Waals surface area (Å²) in [6.07, 6.45) is 1.35. The van der Waals surface area contributed by atoms with Crippen molar-refractivity contribution in [2.75, 3.05) is 0 Å². The topological polar surface area (TPSA) is 66.0 Å². The second-order valence-corrected chi connectivity index (χ2v) is 3.55. The van der Waals surface area contributed by atoms with Crippen molar-refractivity contribution in [1.82, 2.24) is 9.97 Å². The van der Waals surface area contributed by atoms with Crippen molar-refractivity contribution in [3.8, 4) is 0 Å². The molecule has 14 heavy (non-hydrogen) atoms. The lowest BCUT2D eigenvalue weighted by molar-refractivity contribution is -0.141. The molecular formula is C10H16N2O2. The number of aryl methyl sites for hydroxylation is 2. The van der Waals surface area contributed by atoms with E-state index in [9.17, 15) is 4.79 Å². The molecule has 1 heterocycles. The van der Waals surface area contributed by atoms with E-state index in [0.717, 1.165) is 23.6 Å². The van der Waals surface area contributed by atoms with Crippen LogP contribution in [-0.2, 0) is 17.6 Å². The molecule has 0 spiro atoms. The van der Waals surface area contributed by atoms with Gasteiger partial charge in [-0.1, -0.05) is 13.8 Å². The van der Waals surface area contributed by atoms with Gasteiger partial charge in [-0.15, -0.1) is 0 Å². The van der Waals surface area contributed by atoms with Crippen molar-refractivity contribution in [3.63, 3.8) is 0 Å². The van der Waals surface area contributed by atoms with Crippen LogP contribution in [0.15, 0.2) is 0 Å². The molecule has 0 aromatic carbocycles. The van der Waals surface area contributed by atoms with Crippen molar-refractivity contribution in [2.24, 2.45) is 5.92 Å². The van der Waals surface area contributed by atoms with Gasteiger partial charge in [-0.25, -0.2) is 4.98 Å². The van der Waals surface area contributed by atoms with Crippen molar-refractivity contribution in [2.45, 2.75) is 33.6 Å². The Morgan fingerprint density at radius 2 is 2.29 bits per heavy atom. The summed E-state index contributed by atoms with van der Waals surface area (Å²) in [6.45, 7) is 5.68. The number of nitrogens with one attached hydrogen (secondary N) is 1. The first-order valence-electron chi connectivity index (χ1n) is 4.81. The lowest BCUT2D eigenvalue weighted by Gasteiger charge is -2.01. The molecule has 0 saturated heterocycles. The third kappa shape index (κ3) is 2.34. The number of aliphatic carboxylic acids is 1. The molecule has 78 valence electrons. The quantitative estimate of drug-likeness (QED) is 0.767. The predicted octanol–water partition coefficient (Wildman–Crippen LogP) is 1.54. The van der Waals surface area contributed by atoms with E-state index in [1.54, 1.807) is 6.92 Å². The highest BCUT2D eigenvalue weighted by Gasteiger charge is 2.14. The molecule has 0 bridgehead atoms. The normalized spacial score (nSPS) is 12.8. The summed E-state index contributed by atoms with van der Waals surface area (Å²) in [4.78, 5) is 18.1. The van der Waals surface area contributed by atoms with Gasteiger partial charge >= 0.3 is 5.97 Å². The van der Waals surface area contributed by atoms with Gasteiger partial charge in [0.05, 0.1) is 11.6 Å². The van der Waals surface area contributed by atoms with Crippen LogP contribution in [0.25, 0.3) is 0 Å². The van der Waals surface area contributed by atoms with E-state index >= 15 is 0 Å². The number of carboxylic acids is 1. The molecule has 0 radical (unpaired) electrons. The molecule has 1 atom stereocenters. The van der Waals surface area contributed by atoms with Crippen LogP contribution in [0.1, 0.15) is 31.1 Å². The highest BCUT2D eigenvalue weighted by Crippen LogP contribution is 2.10. The first-order valence-corrected chi connectivity index (χ1v) is 4.81. The Hall–Kier alpha value is -1.32. The summed E-state index contributed by atoms with van der Waals surface area (Å²) in [6, 6.07) is 0. The Morgan fingerprint density at radius 3 is 2.71 bits per heavy atom. The largest absolute Gasteiger partial charge is 0.481 e. The van der Waals surface area contributed by atoms with Crippen LogP contribution in [0.3, 0.4) is 0 Å². The van der Waals surface area contributed by atoms with Gasteiger partial charge in [-0.05, 0) is 13.3 Å². The van der Waals surface area contributed by atoms with Crippen molar-refractivity contribution < 1.29 is 9.90 Å². The Morgan fingerprint density at radius 1 is 1.64 bits per heavy atom. The van der Waals surface area contributed by atoms with Gasteiger partial charge in [-0.3, -0.25) is 4.79 Å². The van der Waals surface area contributed by atoms with Crippen LogP contribution in [0, 0.1) is 12.8 Å². The lowest BCUT2D eigenvalue weighted by Crippen LogP contribution is -2.13. The molecule has 1 aromatic heterocycles. The molecule has 2 N–H and O–H groups in total. The fraction of sp³-hybridized carbons (Fsp3) is 0.600. The van der Waals surface area contributed by atoms with Gasteiger partial charge in [0.2, 0.25) is 0 Å². The van der Waals surface area contributed by atoms with Crippen molar-refractivity contribution >= 4 is 5.97 Å². The number of hydrogen-bond donors (Lipinski definition) is 2. The number of carbonyl (C=O) groups is 1. The van der Waals surface area contributed by atoms with Crippen LogP contribution in [0.4, 0.5) is 0 Å². The number of H-pyrrole nitrogens is 1. The molecule has 0 fully saturated rings. The SMILES string of the molecule is CCc1nc(CC(C)C(=O)O)[nH]c1C. The van der Waals surface area contributed by atoms with Crippen LogP contribution in [-0.4, -0.2) is 21.0 Å². The van der Waals surface area contributed by atoms with E-state index in [0.29, 0.717) is 6.42 Å². The van der Waals surface area contributed by atoms with Gasteiger partial charge in [-0.2, -0.15) is 0 Å². The summed E-state index contributed by atoms with van der Waals surface area (Å²) >= 11 is 0. The molecule has 0 amide bonds. The van der Waals surface area contributed by atoms with E-state index in [1.807, 2.05) is 13.8 Å². The van der Waals surface area contributed by atoms with Gasteiger partial charge in [0.25, 0.3) is 0 Å². The molecule has 0 aliphatic rings. The van der Waals surface area contributed by atoms with Crippen LogP contribution in [0.5, 0.6) is 0 Å². The minimum absolute atomic E-state index is 0.384. The summed E-state index contributed by atoms with van der Waals surface area (Å²) in [5.74, 6) is -0.392. The first kappa shape index (κ1) is 10.8. The molecule has 1 rings (SSSR count). The van der Waals surface area contributed by atoms with Crippen LogP contribution in [0.2, 0.25) is 0 Å². The van der Waals surface area contributed by atoms with Crippen molar-refractivity contribution in [1.29, 1.82) is 0 Å². The minimum Gasteiger partial charge on any atom is -0.481 e. The number of rotatable bonds is 4. The maximum atomic E-state index is 10.6. The lowest BCUT2D eigenvalue weighted by atomic mass is 10.1. The average Bonchev–Trinajstić information content (AvgIpc) is 2.45. The predicted molar refractivity (Wildman–Crippen MR) is 53.2 cm³/mol. The fourth-order valence-corrected chi connectivity index (χ4v) is 1.38. The zero-order valence-electron chi connectivity index (χ0n) is 8.79. The maximum absolute atomic E-state index is 10.6. The summed E-state index contributed by atoms with van der Waals surface area (Å²) < 4.78 is 0. The third-order valence-electron chi connectivity index (χ3n) is 2.29.